The molecule has 8 heteroatoms. The molecular formula is C23H24N4O4. The number of aromatic nitrogens is 3. The number of hydrogen-bond acceptors (Lipinski definition) is 4. The molecule has 0 aliphatic heterocycles. The topological polar surface area (TPSA) is 106 Å². The number of rotatable bonds is 3. The molecule has 4 fully saturated rings. The van der Waals surface area contributed by atoms with E-state index < -0.39 is 11.5 Å². The standard InChI is InChI=1S/C23H24N4O4/c1-26-18-3-2-15(7-16(18)20(28)27-19(26)8-17(25-27)21(29)30)24-22(31)23-9-12-4-13(10-23)6-14(5-12)11-23/h2-3,7-8,12-14H,4-6,9-11H2,1H3,(H,24,31)(H,29,30). The molecule has 7 rings (SSSR count). The molecule has 8 nitrogen and oxygen atoms in total. The van der Waals surface area contributed by atoms with Crippen LogP contribution in [-0.4, -0.2) is 31.2 Å². The van der Waals surface area contributed by atoms with Crippen molar-refractivity contribution in [3.63, 3.8) is 0 Å². The maximum atomic E-state index is 13.4. The third-order valence-electron chi connectivity index (χ3n) is 7.81. The molecule has 4 bridgehead atoms. The summed E-state index contributed by atoms with van der Waals surface area (Å²) in [6.45, 7) is 0. The molecule has 1 aromatic carbocycles. The number of fused-ring (bicyclic) bond motifs is 2. The molecule has 31 heavy (non-hydrogen) atoms. The van der Waals surface area contributed by atoms with E-state index in [2.05, 4.69) is 10.4 Å². The molecule has 2 heterocycles. The number of amides is 1. The first-order chi connectivity index (χ1) is 14.8. The van der Waals surface area contributed by atoms with Crippen LogP contribution in [0.15, 0.2) is 29.1 Å². The van der Waals surface area contributed by atoms with Gasteiger partial charge in [-0.15, -0.1) is 0 Å². The van der Waals surface area contributed by atoms with Crippen LogP contribution in [0.25, 0.3) is 16.6 Å². The minimum Gasteiger partial charge on any atom is -0.476 e. The summed E-state index contributed by atoms with van der Waals surface area (Å²) in [4.78, 5) is 37.7. The lowest BCUT2D eigenvalue weighted by atomic mass is 9.49. The summed E-state index contributed by atoms with van der Waals surface area (Å²) in [5.74, 6) is 0.930. The molecule has 1 amide bonds. The van der Waals surface area contributed by atoms with Crippen molar-refractivity contribution < 1.29 is 14.7 Å². The van der Waals surface area contributed by atoms with Crippen LogP contribution in [0.1, 0.15) is 49.0 Å². The van der Waals surface area contributed by atoms with Gasteiger partial charge in [0.05, 0.1) is 16.3 Å². The van der Waals surface area contributed by atoms with Crippen molar-refractivity contribution in [3.05, 3.63) is 40.3 Å². The van der Waals surface area contributed by atoms with Gasteiger partial charge in [0.25, 0.3) is 5.56 Å². The van der Waals surface area contributed by atoms with E-state index in [0.29, 0.717) is 40.0 Å². The minimum absolute atomic E-state index is 0.0797. The summed E-state index contributed by atoms with van der Waals surface area (Å²) in [5, 5.41) is 16.7. The highest BCUT2D eigenvalue weighted by Crippen LogP contribution is 2.60. The van der Waals surface area contributed by atoms with Gasteiger partial charge in [0.15, 0.2) is 5.69 Å². The molecule has 0 unspecified atom stereocenters. The van der Waals surface area contributed by atoms with Gasteiger partial charge in [-0.25, -0.2) is 4.79 Å². The maximum absolute atomic E-state index is 13.4. The summed E-state index contributed by atoms with van der Waals surface area (Å²) in [6, 6.07) is 6.66. The molecule has 0 spiro atoms. The van der Waals surface area contributed by atoms with Crippen molar-refractivity contribution >= 4 is 34.1 Å². The van der Waals surface area contributed by atoms with Crippen LogP contribution in [-0.2, 0) is 11.8 Å². The van der Waals surface area contributed by atoms with Gasteiger partial charge in [-0.05, 0) is 74.5 Å². The highest BCUT2D eigenvalue weighted by Gasteiger charge is 2.54. The Hall–Kier alpha value is -3.16. The highest BCUT2D eigenvalue weighted by molar-refractivity contribution is 5.97. The van der Waals surface area contributed by atoms with E-state index in [1.165, 1.54) is 25.3 Å². The second kappa shape index (κ2) is 6.18. The van der Waals surface area contributed by atoms with Gasteiger partial charge in [0.2, 0.25) is 5.91 Å². The Morgan fingerprint density at radius 1 is 1.10 bits per heavy atom. The molecular weight excluding hydrogens is 396 g/mol. The summed E-state index contributed by atoms with van der Waals surface area (Å²) in [7, 11) is 1.76. The molecule has 0 radical (unpaired) electrons. The number of carbonyl (C=O) groups excluding carboxylic acids is 1. The van der Waals surface area contributed by atoms with Crippen LogP contribution >= 0.6 is 0 Å². The van der Waals surface area contributed by atoms with E-state index in [0.717, 1.165) is 23.8 Å². The summed E-state index contributed by atoms with van der Waals surface area (Å²) < 4.78 is 2.84. The summed E-state index contributed by atoms with van der Waals surface area (Å²) >= 11 is 0. The second-order valence-electron chi connectivity index (χ2n) is 9.85. The van der Waals surface area contributed by atoms with Crippen LogP contribution in [0.4, 0.5) is 5.69 Å². The van der Waals surface area contributed by atoms with Crippen LogP contribution in [0.5, 0.6) is 0 Å². The van der Waals surface area contributed by atoms with Crippen LogP contribution < -0.4 is 10.9 Å². The van der Waals surface area contributed by atoms with Crippen LogP contribution in [0.3, 0.4) is 0 Å². The first-order valence-corrected chi connectivity index (χ1v) is 10.9. The lowest BCUT2D eigenvalue weighted by Crippen LogP contribution is -2.51. The van der Waals surface area contributed by atoms with E-state index in [9.17, 15) is 19.5 Å². The smallest absolute Gasteiger partial charge is 0.356 e. The van der Waals surface area contributed by atoms with E-state index >= 15 is 0 Å². The molecule has 4 aliphatic rings. The fraction of sp³-hybridized carbons (Fsp3) is 0.478. The maximum Gasteiger partial charge on any atom is 0.356 e. The van der Waals surface area contributed by atoms with Crippen molar-refractivity contribution in [2.24, 2.45) is 30.2 Å². The average Bonchev–Trinajstić information content (AvgIpc) is 3.17. The molecule has 4 aliphatic carbocycles. The first-order valence-electron chi connectivity index (χ1n) is 10.9. The van der Waals surface area contributed by atoms with Crippen molar-refractivity contribution in [1.29, 1.82) is 0 Å². The fourth-order valence-corrected chi connectivity index (χ4v) is 6.83. The van der Waals surface area contributed by atoms with Gasteiger partial charge in [0, 0.05) is 18.8 Å². The highest BCUT2D eigenvalue weighted by atomic mass is 16.4. The Morgan fingerprint density at radius 3 is 2.35 bits per heavy atom. The van der Waals surface area contributed by atoms with Gasteiger partial charge in [-0.2, -0.15) is 9.61 Å². The molecule has 2 N–H and O–H groups in total. The van der Waals surface area contributed by atoms with E-state index in [1.54, 1.807) is 23.7 Å². The van der Waals surface area contributed by atoms with Gasteiger partial charge in [-0.3, -0.25) is 9.59 Å². The van der Waals surface area contributed by atoms with Crippen LogP contribution in [0, 0.1) is 23.2 Å². The number of carboxylic acid groups (broad SMARTS) is 1. The second-order valence-corrected chi connectivity index (χ2v) is 9.85. The minimum atomic E-state index is -1.18. The molecule has 0 saturated heterocycles. The van der Waals surface area contributed by atoms with Crippen molar-refractivity contribution in [1.82, 2.24) is 14.2 Å². The zero-order chi connectivity index (χ0) is 21.5. The fourth-order valence-electron chi connectivity index (χ4n) is 6.83. The van der Waals surface area contributed by atoms with Gasteiger partial charge >= 0.3 is 5.97 Å². The monoisotopic (exact) mass is 420 g/mol. The normalized spacial score (nSPS) is 29.0. The predicted octanol–water partition coefficient (Wildman–Crippen LogP) is 3.04. The number of benzene rings is 1. The predicted molar refractivity (Wildman–Crippen MR) is 114 cm³/mol. The lowest BCUT2D eigenvalue weighted by Gasteiger charge is -2.55. The van der Waals surface area contributed by atoms with E-state index in [1.807, 2.05) is 6.07 Å². The number of nitrogens with zero attached hydrogens (tertiary/aromatic N) is 3. The summed E-state index contributed by atoms with van der Waals surface area (Å²) in [6.07, 6.45) is 6.76. The van der Waals surface area contributed by atoms with Crippen molar-refractivity contribution in [3.8, 4) is 0 Å². The first kappa shape index (κ1) is 18.6. The SMILES string of the molecule is Cn1c2ccc(NC(=O)C34CC5CC(CC(C5)C3)C4)cc2c(=O)n2nc(C(=O)O)cc12. The number of nitrogens with one attached hydrogen (secondary N) is 1. The van der Waals surface area contributed by atoms with E-state index in [4.69, 9.17) is 0 Å². The number of hydrogen-bond donors (Lipinski definition) is 2. The molecule has 2 aromatic heterocycles. The number of carbonyl (C=O) groups is 2. The summed E-state index contributed by atoms with van der Waals surface area (Å²) in [5.41, 5.74) is 0.800. The number of aromatic carboxylic acids is 1. The number of anilines is 1. The zero-order valence-corrected chi connectivity index (χ0v) is 17.3. The molecule has 0 atom stereocenters. The number of aryl methyl sites for hydroxylation is 1. The Bertz CT molecular complexity index is 1300. The molecule has 4 saturated carbocycles. The average molecular weight is 420 g/mol. The lowest BCUT2D eigenvalue weighted by molar-refractivity contribution is -0.140. The zero-order valence-electron chi connectivity index (χ0n) is 17.3. The largest absolute Gasteiger partial charge is 0.476 e. The number of carboxylic acids is 1. The van der Waals surface area contributed by atoms with Gasteiger partial charge in [-0.1, -0.05) is 0 Å². The third-order valence-corrected chi connectivity index (χ3v) is 7.81. The van der Waals surface area contributed by atoms with Gasteiger partial charge < -0.3 is 15.0 Å². The van der Waals surface area contributed by atoms with Gasteiger partial charge in [0.1, 0.15) is 5.65 Å². The van der Waals surface area contributed by atoms with Crippen molar-refractivity contribution in [2.45, 2.75) is 38.5 Å². The molecule has 160 valence electrons. The Balaban J connectivity index is 1.38. The molecule has 3 aromatic rings. The Labute approximate surface area is 177 Å². The van der Waals surface area contributed by atoms with E-state index in [-0.39, 0.29) is 17.0 Å². The van der Waals surface area contributed by atoms with Crippen LogP contribution in [0.2, 0.25) is 0 Å². The Morgan fingerprint density at radius 2 is 1.74 bits per heavy atom. The Kier molecular flexibility index (Phi) is 3.71. The quantitative estimate of drug-likeness (QED) is 0.678. The van der Waals surface area contributed by atoms with Crippen molar-refractivity contribution in [2.75, 3.05) is 5.32 Å². The third kappa shape index (κ3) is 2.66.